The molecule has 1 amide bonds. The third-order valence-corrected chi connectivity index (χ3v) is 6.35. The Bertz CT molecular complexity index is 1140. The quantitative estimate of drug-likeness (QED) is 0.538. The zero-order valence-corrected chi connectivity index (χ0v) is 21.9. The Kier molecular flexibility index (Phi) is 9.32. The van der Waals surface area contributed by atoms with Gasteiger partial charge >= 0.3 is 0 Å². The molecule has 8 nitrogen and oxygen atoms in total. The third-order valence-electron chi connectivity index (χ3n) is 6.35. The van der Waals surface area contributed by atoms with Crippen molar-refractivity contribution < 1.29 is 18.0 Å². The maximum atomic E-state index is 15.1. The van der Waals surface area contributed by atoms with Gasteiger partial charge in [0, 0.05) is 50.9 Å². The first-order valence-corrected chi connectivity index (χ1v) is 12.3. The first-order valence-electron chi connectivity index (χ1n) is 12.3. The number of aromatic nitrogens is 2. The molecule has 2 heterocycles. The molecule has 200 valence electrons. The Hall–Kier alpha value is -3.39. The van der Waals surface area contributed by atoms with Gasteiger partial charge in [-0.25, -0.2) is 23.1 Å². The summed E-state index contributed by atoms with van der Waals surface area (Å²) in [5.41, 5.74) is -0.249. The SMILES string of the molecule is CC(C)Nc1nc(C(=O)N(C)CCN(C)C)c(C#N)nc1N1CCC([C@@H](F)c2ccc(F)cc2F)CC1. The summed E-state index contributed by atoms with van der Waals surface area (Å²) in [4.78, 5) is 27.5. The molecule has 1 aromatic carbocycles. The topological polar surface area (TPSA) is 88.4 Å². The standard InChI is InChI=1S/C26H34F3N7O/c1-16(2)31-24-25(32-21(15-30)23(33-24)26(37)35(5)13-12-34(3)4)36-10-8-17(9-11-36)22(29)19-7-6-18(27)14-20(19)28/h6-7,14,16-17,22H,8-13H2,1-5H3,(H,31,33)/t22-/m1/s1. The molecule has 0 bridgehead atoms. The fourth-order valence-electron chi connectivity index (χ4n) is 4.26. The Morgan fingerprint density at radius 2 is 1.86 bits per heavy atom. The molecule has 3 rings (SSSR count). The van der Waals surface area contributed by atoms with Crippen LogP contribution in [0.1, 0.15) is 54.6 Å². The molecule has 1 aromatic heterocycles. The average Bonchev–Trinajstić information content (AvgIpc) is 2.86. The van der Waals surface area contributed by atoms with Gasteiger partial charge in [-0.2, -0.15) is 5.26 Å². The van der Waals surface area contributed by atoms with Gasteiger partial charge in [0.05, 0.1) is 0 Å². The third kappa shape index (κ3) is 6.89. The number of hydrogen-bond donors (Lipinski definition) is 1. The number of benzene rings is 1. The molecule has 1 aliphatic heterocycles. The number of amides is 1. The highest BCUT2D eigenvalue weighted by atomic mass is 19.1. The Balaban J connectivity index is 1.83. The largest absolute Gasteiger partial charge is 0.365 e. The van der Waals surface area contributed by atoms with E-state index >= 15 is 4.39 Å². The first kappa shape index (κ1) is 28.2. The molecule has 37 heavy (non-hydrogen) atoms. The lowest BCUT2D eigenvalue weighted by molar-refractivity contribution is 0.0779. The van der Waals surface area contributed by atoms with Crippen LogP contribution in [0.4, 0.5) is 24.8 Å². The van der Waals surface area contributed by atoms with Gasteiger partial charge in [-0.3, -0.25) is 4.79 Å². The van der Waals surface area contributed by atoms with Crippen molar-refractivity contribution in [1.82, 2.24) is 19.8 Å². The first-order chi connectivity index (χ1) is 17.5. The van der Waals surface area contributed by atoms with Crippen LogP contribution in [0.25, 0.3) is 0 Å². The summed E-state index contributed by atoms with van der Waals surface area (Å²) in [6.45, 7) is 5.75. The van der Waals surface area contributed by atoms with Gasteiger partial charge in [0.1, 0.15) is 23.9 Å². The van der Waals surface area contributed by atoms with Gasteiger partial charge in [0.2, 0.25) is 0 Å². The number of likely N-dealkylation sites (N-methyl/N-ethyl adjacent to an activating group) is 2. The van der Waals surface area contributed by atoms with E-state index in [-0.39, 0.29) is 23.0 Å². The van der Waals surface area contributed by atoms with Gasteiger partial charge in [0.15, 0.2) is 23.0 Å². The molecule has 1 fully saturated rings. The van der Waals surface area contributed by atoms with Gasteiger partial charge in [-0.05, 0) is 52.8 Å². The van der Waals surface area contributed by atoms with Gasteiger partial charge in [0.25, 0.3) is 5.91 Å². The maximum absolute atomic E-state index is 15.1. The second kappa shape index (κ2) is 12.2. The summed E-state index contributed by atoms with van der Waals surface area (Å²) < 4.78 is 42.5. The van der Waals surface area contributed by atoms with Crippen LogP contribution < -0.4 is 10.2 Å². The van der Waals surface area contributed by atoms with E-state index in [1.54, 1.807) is 7.05 Å². The number of nitriles is 1. The lowest BCUT2D eigenvalue weighted by Crippen LogP contribution is -2.38. The van der Waals surface area contributed by atoms with Crippen LogP contribution in [-0.2, 0) is 0 Å². The number of nitrogens with zero attached hydrogens (tertiary/aromatic N) is 6. The molecule has 2 aromatic rings. The molecule has 0 unspecified atom stereocenters. The summed E-state index contributed by atoms with van der Waals surface area (Å²) in [6.07, 6.45) is -0.762. The Morgan fingerprint density at radius 1 is 1.19 bits per heavy atom. The molecule has 0 saturated carbocycles. The van der Waals surface area contributed by atoms with Crippen molar-refractivity contribution in [3.8, 4) is 6.07 Å². The fourth-order valence-corrected chi connectivity index (χ4v) is 4.26. The van der Waals surface area contributed by atoms with Crippen molar-refractivity contribution >= 4 is 17.5 Å². The molecular weight excluding hydrogens is 483 g/mol. The Morgan fingerprint density at radius 3 is 2.43 bits per heavy atom. The highest BCUT2D eigenvalue weighted by molar-refractivity contribution is 5.95. The monoisotopic (exact) mass is 517 g/mol. The number of piperidine rings is 1. The maximum Gasteiger partial charge on any atom is 0.275 e. The van der Waals surface area contributed by atoms with Crippen molar-refractivity contribution in [1.29, 1.82) is 5.26 Å². The van der Waals surface area contributed by atoms with E-state index in [0.29, 0.717) is 56.7 Å². The number of anilines is 2. The summed E-state index contributed by atoms with van der Waals surface area (Å²) in [5.74, 6) is -1.69. The van der Waals surface area contributed by atoms with Crippen molar-refractivity contribution in [2.24, 2.45) is 5.92 Å². The zero-order chi connectivity index (χ0) is 27.3. The number of carbonyl (C=O) groups is 1. The van der Waals surface area contributed by atoms with E-state index < -0.39 is 29.6 Å². The molecule has 0 spiro atoms. The smallest absolute Gasteiger partial charge is 0.275 e. The number of rotatable bonds is 9. The lowest BCUT2D eigenvalue weighted by atomic mass is 9.88. The van der Waals surface area contributed by atoms with Crippen LogP contribution in [0.3, 0.4) is 0 Å². The van der Waals surface area contributed by atoms with E-state index in [9.17, 15) is 18.8 Å². The van der Waals surface area contributed by atoms with Gasteiger partial charge in [-0.15, -0.1) is 0 Å². The van der Waals surface area contributed by atoms with E-state index in [0.717, 1.165) is 12.1 Å². The average molecular weight is 518 g/mol. The number of nitrogens with one attached hydrogen (secondary N) is 1. The number of hydrogen-bond acceptors (Lipinski definition) is 7. The highest BCUT2D eigenvalue weighted by Gasteiger charge is 2.32. The predicted octanol–water partition coefficient (Wildman–Crippen LogP) is 4.01. The van der Waals surface area contributed by atoms with Crippen LogP contribution >= 0.6 is 0 Å². The van der Waals surface area contributed by atoms with Crippen molar-refractivity contribution in [2.45, 2.75) is 38.9 Å². The minimum Gasteiger partial charge on any atom is -0.365 e. The number of halogens is 3. The number of carbonyl (C=O) groups excluding carboxylic acids is 1. The van der Waals surface area contributed by atoms with Crippen molar-refractivity contribution in [2.75, 3.05) is 57.5 Å². The van der Waals surface area contributed by atoms with Crippen LogP contribution in [-0.4, -0.2) is 79.0 Å². The minimum absolute atomic E-state index is 0.0235. The van der Waals surface area contributed by atoms with Gasteiger partial charge in [-0.1, -0.05) is 6.07 Å². The minimum atomic E-state index is -1.56. The predicted molar refractivity (Wildman–Crippen MR) is 136 cm³/mol. The van der Waals surface area contributed by atoms with E-state index in [4.69, 9.17) is 0 Å². The van der Waals surface area contributed by atoms with Crippen molar-refractivity contribution in [3.05, 3.63) is 46.8 Å². The molecule has 1 saturated heterocycles. The van der Waals surface area contributed by atoms with Crippen LogP contribution in [0.2, 0.25) is 0 Å². The summed E-state index contributed by atoms with van der Waals surface area (Å²) in [7, 11) is 5.46. The summed E-state index contributed by atoms with van der Waals surface area (Å²) in [5, 5.41) is 13.0. The number of alkyl halides is 1. The summed E-state index contributed by atoms with van der Waals surface area (Å²) in [6, 6.07) is 4.88. The Labute approximate surface area is 216 Å². The summed E-state index contributed by atoms with van der Waals surface area (Å²) >= 11 is 0. The highest BCUT2D eigenvalue weighted by Crippen LogP contribution is 2.37. The lowest BCUT2D eigenvalue weighted by Gasteiger charge is -2.35. The normalized spacial score (nSPS) is 15.1. The zero-order valence-electron chi connectivity index (χ0n) is 21.9. The molecule has 0 aliphatic carbocycles. The fraction of sp³-hybridized carbons (Fsp3) is 0.538. The molecule has 1 aliphatic rings. The van der Waals surface area contributed by atoms with E-state index in [1.807, 2.05) is 43.8 Å². The second-order valence-corrected chi connectivity index (χ2v) is 9.93. The molecule has 11 heteroatoms. The van der Waals surface area contributed by atoms with Gasteiger partial charge < -0.3 is 20.0 Å². The molecule has 0 radical (unpaired) electrons. The second-order valence-electron chi connectivity index (χ2n) is 9.93. The van der Waals surface area contributed by atoms with Crippen LogP contribution in [0, 0.1) is 28.9 Å². The van der Waals surface area contributed by atoms with E-state index in [1.165, 1.54) is 4.90 Å². The molecular formula is C26H34F3N7O. The van der Waals surface area contributed by atoms with Crippen molar-refractivity contribution in [3.63, 3.8) is 0 Å². The molecule has 1 atom stereocenters. The van der Waals surface area contributed by atoms with E-state index in [2.05, 4.69) is 15.3 Å². The van der Waals surface area contributed by atoms with Crippen LogP contribution in [0.5, 0.6) is 0 Å². The molecule has 1 N–H and O–H groups in total. The van der Waals surface area contributed by atoms with Crippen LogP contribution in [0.15, 0.2) is 18.2 Å².